The molecule has 0 heterocycles. The number of carbonyl (C=O) groups is 1. The van der Waals surface area contributed by atoms with E-state index in [4.69, 9.17) is 27.9 Å². The third kappa shape index (κ3) is 5.63. The number of hydrogen-bond donors (Lipinski definition) is 1. The fraction of sp³-hybridized carbons (Fsp3) is 0.350. The van der Waals surface area contributed by atoms with E-state index in [1.807, 2.05) is 13.0 Å². The lowest BCUT2D eigenvalue weighted by atomic mass is 10.2. The highest BCUT2D eigenvalue weighted by molar-refractivity contribution is 7.89. The Kier molecular flexibility index (Phi) is 7.94. The number of carbonyl (C=O) groups excluding carboxylic acids is 1. The third-order valence-electron chi connectivity index (χ3n) is 4.30. The topological polar surface area (TPSA) is 75.7 Å². The second-order valence-corrected chi connectivity index (χ2v) is 9.17. The van der Waals surface area contributed by atoms with Crippen LogP contribution in [0.1, 0.15) is 26.3 Å². The minimum atomic E-state index is -3.68. The minimum Gasteiger partial charge on any atom is -0.479 e. The number of nitrogens with one attached hydrogen (secondary N) is 1. The first-order valence-electron chi connectivity index (χ1n) is 9.13. The molecular formula is C20H24Cl2N2O4S. The number of halogens is 2. The second kappa shape index (κ2) is 9.80. The van der Waals surface area contributed by atoms with E-state index in [-0.39, 0.29) is 15.6 Å². The van der Waals surface area contributed by atoms with E-state index in [1.165, 1.54) is 22.5 Å². The Labute approximate surface area is 181 Å². The van der Waals surface area contributed by atoms with Gasteiger partial charge in [0, 0.05) is 13.1 Å². The lowest BCUT2D eigenvalue weighted by molar-refractivity contribution is -0.122. The summed E-state index contributed by atoms with van der Waals surface area (Å²) in [4.78, 5) is 12.6. The van der Waals surface area contributed by atoms with Gasteiger partial charge in [0.1, 0.15) is 5.75 Å². The van der Waals surface area contributed by atoms with E-state index < -0.39 is 22.0 Å². The number of amides is 1. The number of sulfonamides is 1. The van der Waals surface area contributed by atoms with Gasteiger partial charge in [0.05, 0.1) is 20.6 Å². The van der Waals surface area contributed by atoms with Crippen molar-refractivity contribution < 1.29 is 17.9 Å². The minimum absolute atomic E-state index is 0.0520. The standard InChI is InChI=1S/C20H24Cl2N2O4S/c1-5-24(6-2)29(26,27)15-8-10-16(21)18(12-15)23-20(25)14(4)28-19-11-13(3)7-9-17(19)22/h7-12,14H,5-6H2,1-4H3,(H,23,25). The number of aryl methyl sites for hydroxylation is 1. The van der Waals surface area contributed by atoms with Crippen LogP contribution >= 0.6 is 23.2 Å². The van der Waals surface area contributed by atoms with Gasteiger partial charge < -0.3 is 10.1 Å². The van der Waals surface area contributed by atoms with Gasteiger partial charge in [-0.05, 0) is 49.7 Å². The Morgan fingerprint density at radius 1 is 1.10 bits per heavy atom. The molecule has 0 bridgehead atoms. The molecule has 0 aromatic heterocycles. The Hall–Kier alpha value is -1.80. The zero-order valence-electron chi connectivity index (χ0n) is 16.7. The summed E-state index contributed by atoms with van der Waals surface area (Å²) >= 11 is 12.3. The largest absolute Gasteiger partial charge is 0.479 e. The lowest BCUT2D eigenvalue weighted by Crippen LogP contribution is -2.31. The van der Waals surface area contributed by atoms with Gasteiger partial charge in [0.15, 0.2) is 6.10 Å². The molecule has 1 amide bonds. The molecule has 0 aliphatic rings. The van der Waals surface area contributed by atoms with Crippen molar-refractivity contribution in [2.24, 2.45) is 0 Å². The first-order valence-corrected chi connectivity index (χ1v) is 11.3. The van der Waals surface area contributed by atoms with Gasteiger partial charge in [-0.25, -0.2) is 8.42 Å². The van der Waals surface area contributed by atoms with Gasteiger partial charge >= 0.3 is 0 Å². The van der Waals surface area contributed by atoms with Crippen molar-refractivity contribution in [2.75, 3.05) is 18.4 Å². The highest BCUT2D eigenvalue weighted by Crippen LogP contribution is 2.29. The number of ether oxygens (including phenoxy) is 1. The van der Waals surface area contributed by atoms with E-state index in [1.54, 1.807) is 32.9 Å². The van der Waals surface area contributed by atoms with Crippen molar-refractivity contribution >= 4 is 44.8 Å². The maximum atomic E-state index is 12.7. The molecule has 29 heavy (non-hydrogen) atoms. The first-order chi connectivity index (χ1) is 13.6. The summed E-state index contributed by atoms with van der Waals surface area (Å²) in [5.74, 6) is -0.0971. The van der Waals surface area contributed by atoms with Crippen LogP contribution in [0.3, 0.4) is 0 Å². The van der Waals surface area contributed by atoms with Crippen LogP contribution in [0.5, 0.6) is 5.75 Å². The van der Waals surface area contributed by atoms with Gasteiger partial charge in [0.25, 0.3) is 5.91 Å². The molecule has 9 heteroatoms. The van der Waals surface area contributed by atoms with Gasteiger partial charge in [-0.15, -0.1) is 0 Å². The maximum absolute atomic E-state index is 12.7. The molecule has 0 radical (unpaired) electrons. The van der Waals surface area contributed by atoms with Gasteiger partial charge in [-0.1, -0.05) is 43.1 Å². The highest BCUT2D eigenvalue weighted by atomic mass is 35.5. The number of rotatable bonds is 8. The molecule has 1 atom stereocenters. The molecule has 1 N–H and O–H groups in total. The van der Waals surface area contributed by atoms with E-state index in [0.717, 1.165) is 5.56 Å². The summed E-state index contributed by atoms with van der Waals surface area (Å²) in [7, 11) is -3.68. The van der Waals surface area contributed by atoms with Crippen molar-refractivity contribution in [3.8, 4) is 5.75 Å². The molecule has 6 nitrogen and oxygen atoms in total. The summed E-state index contributed by atoms with van der Waals surface area (Å²) in [6.45, 7) is 7.65. The van der Waals surface area contributed by atoms with Crippen LogP contribution in [0.15, 0.2) is 41.3 Å². The normalized spacial score (nSPS) is 12.7. The summed E-state index contributed by atoms with van der Waals surface area (Å²) < 4.78 is 32.4. The molecule has 0 fully saturated rings. The Balaban J connectivity index is 2.22. The average Bonchev–Trinajstić information content (AvgIpc) is 2.66. The second-order valence-electron chi connectivity index (χ2n) is 6.41. The molecule has 0 aliphatic carbocycles. The number of hydrogen-bond acceptors (Lipinski definition) is 4. The van der Waals surface area contributed by atoms with Crippen LogP contribution in [0.4, 0.5) is 5.69 Å². The smallest absolute Gasteiger partial charge is 0.265 e. The average molecular weight is 459 g/mol. The molecule has 0 aliphatic heterocycles. The molecule has 0 spiro atoms. The van der Waals surface area contributed by atoms with E-state index in [9.17, 15) is 13.2 Å². The van der Waals surface area contributed by atoms with Crippen LogP contribution in [-0.2, 0) is 14.8 Å². The van der Waals surface area contributed by atoms with Gasteiger partial charge in [-0.3, -0.25) is 4.79 Å². The van der Waals surface area contributed by atoms with Crippen LogP contribution in [0, 0.1) is 6.92 Å². The molecule has 1 unspecified atom stereocenters. The fourth-order valence-corrected chi connectivity index (χ4v) is 4.46. The van der Waals surface area contributed by atoms with E-state index in [0.29, 0.717) is 23.9 Å². The summed E-state index contributed by atoms with van der Waals surface area (Å²) in [5, 5.41) is 3.24. The number of benzene rings is 2. The zero-order valence-corrected chi connectivity index (χ0v) is 19.0. The summed E-state index contributed by atoms with van der Waals surface area (Å²) in [6.07, 6.45) is -0.881. The molecule has 2 aromatic rings. The highest BCUT2D eigenvalue weighted by Gasteiger charge is 2.24. The van der Waals surface area contributed by atoms with Crippen molar-refractivity contribution in [3.05, 3.63) is 52.0 Å². The van der Waals surface area contributed by atoms with Crippen LogP contribution in [-0.4, -0.2) is 37.8 Å². The monoisotopic (exact) mass is 458 g/mol. The van der Waals surface area contributed by atoms with Crippen LogP contribution in [0.2, 0.25) is 10.0 Å². The molecule has 0 saturated heterocycles. The Morgan fingerprint density at radius 3 is 2.34 bits per heavy atom. The Bertz CT molecular complexity index is 992. The predicted octanol–water partition coefficient (Wildman–Crippen LogP) is 4.74. The molecule has 0 saturated carbocycles. The molecule has 2 rings (SSSR count). The molecule has 158 valence electrons. The number of anilines is 1. The van der Waals surface area contributed by atoms with Crippen molar-refractivity contribution in [1.29, 1.82) is 0 Å². The lowest BCUT2D eigenvalue weighted by Gasteiger charge is -2.20. The van der Waals surface area contributed by atoms with Crippen molar-refractivity contribution in [1.82, 2.24) is 4.31 Å². The van der Waals surface area contributed by atoms with Crippen molar-refractivity contribution in [2.45, 2.75) is 38.7 Å². The van der Waals surface area contributed by atoms with Crippen LogP contribution in [0.25, 0.3) is 0 Å². The Morgan fingerprint density at radius 2 is 1.72 bits per heavy atom. The van der Waals surface area contributed by atoms with Crippen molar-refractivity contribution in [3.63, 3.8) is 0 Å². The maximum Gasteiger partial charge on any atom is 0.265 e. The molecule has 2 aromatic carbocycles. The zero-order chi connectivity index (χ0) is 21.8. The SMILES string of the molecule is CCN(CC)S(=O)(=O)c1ccc(Cl)c(NC(=O)C(C)Oc2cc(C)ccc2Cl)c1. The predicted molar refractivity (Wildman–Crippen MR) is 116 cm³/mol. The quantitative estimate of drug-likeness (QED) is 0.619. The van der Waals surface area contributed by atoms with E-state index in [2.05, 4.69) is 5.32 Å². The van der Waals surface area contributed by atoms with Gasteiger partial charge in [0.2, 0.25) is 10.0 Å². The van der Waals surface area contributed by atoms with Gasteiger partial charge in [-0.2, -0.15) is 4.31 Å². The number of nitrogens with zero attached hydrogens (tertiary/aromatic N) is 1. The summed E-state index contributed by atoms with van der Waals surface area (Å²) in [6, 6.07) is 9.46. The fourth-order valence-electron chi connectivity index (χ4n) is 2.65. The molecular weight excluding hydrogens is 435 g/mol. The van der Waals surface area contributed by atoms with Crippen LogP contribution < -0.4 is 10.1 Å². The first kappa shape index (κ1) is 23.5. The third-order valence-corrected chi connectivity index (χ3v) is 6.99. The van der Waals surface area contributed by atoms with E-state index >= 15 is 0 Å². The summed E-state index contributed by atoms with van der Waals surface area (Å²) in [5.41, 5.74) is 1.13.